The van der Waals surface area contributed by atoms with Crippen molar-refractivity contribution in [2.75, 3.05) is 39.5 Å². The average molecular weight is 305 g/mol. The van der Waals surface area contributed by atoms with Crippen molar-refractivity contribution in [1.82, 2.24) is 4.90 Å². The maximum absolute atomic E-state index is 11.2. The van der Waals surface area contributed by atoms with Gasteiger partial charge in [-0.25, -0.2) is 4.79 Å². The van der Waals surface area contributed by atoms with Gasteiger partial charge in [0, 0.05) is 18.7 Å². The molecule has 1 aromatic rings. The molecule has 1 fully saturated rings. The van der Waals surface area contributed by atoms with Crippen molar-refractivity contribution in [3.63, 3.8) is 0 Å². The molecule has 1 aromatic carbocycles. The lowest BCUT2D eigenvalue weighted by molar-refractivity contribution is -0.140. The first-order valence-electron chi connectivity index (χ1n) is 7.49. The summed E-state index contributed by atoms with van der Waals surface area (Å²) < 4.78 is 16.2. The zero-order valence-electron chi connectivity index (χ0n) is 13.0. The Labute approximate surface area is 131 Å². The van der Waals surface area contributed by atoms with Gasteiger partial charge in [-0.1, -0.05) is 36.9 Å². The standard InChI is InChI=1S/C17H23NO4/c1-14(2)17(19)22-13-12-20-10-8-18-9-11-21-16(18)15-6-4-3-5-7-15/h3-7,16H,1,8-13H2,2H3. The highest BCUT2D eigenvalue weighted by atomic mass is 16.6. The lowest BCUT2D eigenvalue weighted by Crippen LogP contribution is -2.28. The van der Waals surface area contributed by atoms with Crippen molar-refractivity contribution in [2.24, 2.45) is 0 Å². The lowest BCUT2D eigenvalue weighted by atomic mass is 10.2. The summed E-state index contributed by atoms with van der Waals surface area (Å²) in [6.45, 7) is 8.79. The normalized spacial score (nSPS) is 18.3. The van der Waals surface area contributed by atoms with E-state index < -0.39 is 0 Å². The molecule has 1 aliphatic rings. The fourth-order valence-corrected chi connectivity index (χ4v) is 2.26. The summed E-state index contributed by atoms with van der Waals surface area (Å²) in [5.41, 5.74) is 1.57. The molecule has 0 bridgehead atoms. The highest BCUT2D eigenvalue weighted by Crippen LogP contribution is 2.25. The van der Waals surface area contributed by atoms with Crippen LogP contribution < -0.4 is 0 Å². The zero-order chi connectivity index (χ0) is 15.8. The molecule has 0 spiro atoms. The molecule has 1 saturated heterocycles. The molecule has 0 radical (unpaired) electrons. The van der Waals surface area contributed by atoms with E-state index in [1.165, 1.54) is 0 Å². The molecule has 1 unspecified atom stereocenters. The maximum Gasteiger partial charge on any atom is 0.333 e. The number of esters is 1. The predicted molar refractivity (Wildman–Crippen MR) is 83.3 cm³/mol. The predicted octanol–water partition coefficient (Wildman–Crippen LogP) is 2.15. The van der Waals surface area contributed by atoms with Crippen LogP contribution in [0.1, 0.15) is 18.7 Å². The Hall–Kier alpha value is -1.69. The second-order valence-electron chi connectivity index (χ2n) is 5.20. The van der Waals surface area contributed by atoms with Gasteiger partial charge in [0.15, 0.2) is 0 Å². The van der Waals surface area contributed by atoms with Crippen LogP contribution in [0.25, 0.3) is 0 Å². The summed E-state index contributed by atoms with van der Waals surface area (Å²) in [5.74, 6) is -0.374. The number of carbonyl (C=O) groups excluding carboxylic acids is 1. The third kappa shape index (κ3) is 4.94. The molecular weight excluding hydrogens is 282 g/mol. The third-order valence-electron chi connectivity index (χ3n) is 3.40. The fourth-order valence-electron chi connectivity index (χ4n) is 2.26. The molecule has 5 nitrogen and oxygen atoms in total. The largest absolute Gasteiger partial charge is 0.460 e. The molecule has 0 aliphatic carbocycles. The Morgan fingerprint density at radius 2 is 2.09 bits per heavy atom. The van der Waals surface area contributed by atoms with Crippen LogP contribution in [0.3, 0.4) is 0 Å². The van der Waals surface area contributed by atoms with E-state index in [0.29, 0.717) is 18.8 Å². The molecule has 120 valence electrons. The van der Waals surface area contributed by atoms with E-state index in [4.69, 9.17) is 14.2 Å². The van der Waals surface area contributed by atoms with Crippen LogP contribution in [0, 0.1) is 0 Å². The topological polar surface area (TPSA) is 48.0 Å². The minimum atomic E-state index is -0.374. The van der Waals surface area contributed by atoms with Crippen molar-refractivity contribution < 1.29 is 19.0 Å². The number of hydrogen-bond acceptors (Lipinski definition) is 5. The van der Waals surface area contributed by atoms with Gasteiger partial charge < -0.3 is 14.2 Å². The highest BCUT2D eigenvalue weighted by molar-refractivity contribution is 5.86. The second kappa shape index (κ2) is 8.68. The summed E-state index contributed by atoms with van der Waals surface area (Å²) in [4.78, 5) is 13.4. The van der Waals surface area contributed by atoms with E-state index in [-0.39, 0.29) is 18.8 Å². The SMILES string of the molecule is C=C(C)C(=O)OCCOCCN1CCOC1c1ccccc1. The van der Waals surface area contributed by atoms with Crippen LogP contribution in [0.2, 0.25) is 0 Å². The van der Waals surface area contributed by atoms with Gasteiger partial charge in [0.05, 0.1) is 19.8 Å². The van der Waals surface area contributed by atoms with Gasteiger partial charge in [0.1, 0.15) is 12.8 Å². The molecule has 5 heteroatoms. The summed E-state index contributed by atoms with van der Waals surface area (Å²) in [7, 11) is 0. The Balaban J connectivity index is 1.64. The van der Waals surface area contributed by atoms with E-state index in [0.717, 1.165) is 25.3 Å². The quantitative estimate of drug-likeness (QED) is 0.418. The van der Waals surface area contributed by atoms with Crippen molar-refractivity contribution in [2.45, 2.75) is 13.2 Å². The van der Waals surface area contributed by atoms with Gasteiger partial charge in [-0.05, 0) is 12.5 Å². The van der Waals surface area contributed by atoms with Crippen molar-refractivity contribution in [1.29, 1.82) is 0 Å². The number of rotatable bonds is 8. The molecule has 1 heterocycles. The monoisotopic (exact) mass is 305 g/mol. The van der Waals surface area contributed by atoms with Crippen LogP contribution in [0.4, 0.5) is 0 Å². The third-order valence-corrected chi connectivity index (χ3v) is 3.40. The first-order chi connectivity index (χ1) is 10.7. The second-order valence-corrected chi connectivity index (χ2v) is 5.20. The van der Waals surface area contributed by atoms with Gasteiger partial charge in [-0.15, -0.1) is 0 Å². The number of ether oxygens (including phenoxy) is 3. The van der Waals surface area contributed by atoms with Crippen LogP contribution in [0.15, 0.2) is 42.5 Å². The average Bonchev–Trinajstić information content (AvgIpc) is 2.99. The van der Waals surface area contributed by atoms with Crippen molar-refractivity contribution in [3.8, 4) is 0 Å². The van der Waals surface area contributed by atoms with Crippen LogP contribution in [-0.2, 0) is 19.0 Å². The van der Waals surface area contributed by atoms with Gasteiger partial charge in [0.25, 0.3) is 0 Å². The smallest absolute Gasteiger partial charge is 0.333 e. The minimum Gasteiger partial charge on any atom is -0.460 e. The molecule has 0 amide bonds. The van der Waals surface area contributed by atoms with Crippen LogP contribution >= 0.6 is 0 Å². The fraction of sp³-hybridized carbons (Fsp3) is 0.471. The molecule has 2 rings (SSSR count). The molecule has 0 N–H and O–H groups in total. The number of nitrogens with zero attached hydrogens (tertiary/aromatic N) is 1. The van der Waals surface area contributed by atoms with E-state index in [1.807, 2.05) is 18.2 Å². The van der Waals surface area contributed by atoms with Gasteiger partial charge in [0.2, 0.25) is 0 Å². The summed E-state index contributed by atoms with van der Waals surface area (Å²) in [5, 5.41) is 0. The van der Waals surface area contributed by atoms with E-state index in [2.05, 4.69) is 23.6 Å². The number of benzene rings is 1. The Bertz CT molecular complexity index is 489. The molecule has 0 saturated carbocycles. The van der Waals surface area contributed by atoms with E-state index >= 15 is 0 Å². The van der Waals surface area contributed by atoms with Gasteiger partial charge in [-0.2, -0.15) is 0 Å². The molecule has 22 heavy (non-hydrogen) atoms. The van der Waals surface area contributed by atoms with Crippen molar-refractivity contribution in [3.05, 3.63) is 48.0 Å². The lowest BCUT2D eigenvalue weighted by Gasteiger charge is -2.23. The van der Waals surface area contributed by atoms with Gasteiger partial charge >= 0.3 is 5.97 Å². The Morgan fingerprint density at radius 1 is 1.32 bits per heavy atom. The Kier molecular flexibility index (Phi) is 6.58. The minimum absolute atomic E-state index is 0.00560. The van der Waals surface area contributed by atoms with E-state index in [9.17, 15) is 4.79 Å². The highest BCUT2D eigenvalue weighted by Gasteiger charge is 2.26. The van der Waals surface area contributed by atoms with Crippen LogP contribution in [-0.4, -0.2) is 50.4 Å². The van der Waals surface area contributed by atoms with Crippen molar-refractivity contribution >= 4 is 5.97 Å². The molecule has 0 aromatic heterocycles. The maximum atomic E-state index is 11.2. The number of hydrogen-bond donors (Lipinski definition) is 0. The molecule has 1 atom stereocenters. The summed E-state index contributed by atoms with van der Waals surface area (Å²) in [6, 6.07) is 10.2. The van der Waals surface area contributed by atoms with Crippen LogP contribution in [0.5, 0.6) is 0 Å². The Morgan fingerprint density at radius 3 is 2.82 bits per heavy atom. The summed E-state index contributed by atoms with van der Waals surface area (Å²) in [6.07, 6.45) is 0.00560. The zero-order valence-corrected chi connectivity index (χ0v) is 13.0. The molecular formula is C17H23NO4. The number of carbonyl (C=O) groups is 1. The van der Waals surface area contributed by atoms with Gasteiger partial charge in [-0.3, -0.25) is 4.90 Å². The summed E-state index contributed by atoms with van der Waals surface area (Å²) >= 11 is 0. The first-order valence-corrected chi connectivity index (χ1v) is 7.49. The first kappa shape index (κ1) is 16.7. The van der Waals surface area contributed by atoms with E-state index in [1.54, 1.807) is 6.92 Å². The molecule has 1 aliphatic heterocycles.